The molecule has 0 radical (unpaired) electrons. The Morgan fingerprint density at radius 2 is 1.84 bits per heavy atom. The second kappa shape index (κ2) is 7.21. The SMILES string of the molecule is CCCNC(=O)CNS(=O)(=O)N1CC(C)CC(C)C1. The Bertz CT molecular complexity index is 387. The van der Waals surface area contributed by atoms with Crippen molar-refractivity contribution in [3.63, 3.8) is 0 Å². The molecule has 1 rings (SSSR count). The number of nitrogens with zero attached hydrogens (tertiary/aromatic N) is 1. The molecule has 7 heteroatoms. The van der Waals surface area contributed by atoms with Gasteiger partial charge in [0, 0.05) is 19.6 Å². The van der Waals surface area contributed by atoms with E-state index in [1.54, 1.807) is 0 Å². The van der Waals surface area contributed by atoms with Crippen LogP contribution in [0.25, 0.3) is 0 Å². The van der Waals surface area contributed by atoms with Crippen molar-refractivity contribution in [1.82, 2.24) is 14.3 Å². The first-order valence-corrected chi connectivity index (χ1v) is 8.30. The van der Waals surface area contributed by atoms with Crippen molar-refractivity contribution in [3.8, 4) is 0 Å². The van der Waals surface area contributed by atoms with Gasteiger partial charge in [0.1, 0.15) is 0 Å². The predicted molar refractivity (Wildman–Crippen MR) is 74.7 cm³/mol. The van der Waals surface area contributed by atoms with Crippen LogP contribution in [0.5, 0.6) is 0 Å². The van der Waals surface area contributed by atoms with Gasteiger partial charge in [-0.25, -0.2) is 0 Å². The largest absolute Gasteiger partial charge is 0.355 e. The minimum Gasteiger partial charge on any atom is -0.355 e. The highest BCUT2D eigenvalue weighted by Gasteiger charge is 2.30. The van der Waals surface area contributed by atoms with Gasteiger partial charge in [-0.1, -0.05) is 20.8 Å². The summed E-state index contributed by atoms with van der Waals surface area (Å²) in [6.07, 6.45) is 1.88. The average Bonchev–Trinajstić information content (AvgIpc) is 2.32. The third kappa shape index (κ3) is 5.46. The van der Waals surface area contributed by atoms with Crippen LogP contribution in [0.1, 0.15) is 33.6 Å². The van der Waals surface area contributed by atoms with Gasteiger partial charge < -0.3 is 5.32 Å². The molecule has 1 heterocycles. The van der Waals surface area contributed by atoms with E-state index in [-0.39, 0.29) is 12.5 Å². The standard InChI is InChI=1S/C12H25N3O3S/c1-4-5-13-12(16)7-14-19(17,18)15-8-10(2)6-11(3)9-15/h10-11,14H,4-9H2,1-3H3,(H,13,16). The summed E-state index contributed by atoms with van der Waals surface area (Å²) in [7, 11) is -3.55. The number of nitrogens with one attached hydrogen (secondary N) is 2. The van der Waals surface area contributed by atoms with Gasteiger partial charge in [-0.2, -0.15) is 17.4 Å². The number of rotatable bonds is 6. The topological polar surface area (TPSA) is 78.5 Å². The zero-order valence-electron chi connectivity index (χ0n) is 12.0. The van der Waals surface area contributed by atoms with E-state index >= 15 is 0 Å². The molecular formula is C12H25N3O3S. The van der Waals surface area contributed by atoms with E-state index in [2.05, 4.69) is 10.0 Å². The van der Waals surface area contributed by atoms with Gasteiger partial charge in [-0.05, 0) is 24.7 Å². The van der Waals surface area contributed by atoms with Gasteiger partial charge in [0.2, 0.25) is 5.91 Å². The minimum absolute atomic E-state index is 0.193. The van der Waals surface area contributed by atoms with E-state index in [9.17, 15) is 13.2 Å². The van der Waals surface area contributed by atoms with Gasteiger partial charge in [0.05, 0.1) is 6.54 Å². The molecule has 2 N–H and O–H groups in total. The van der Waals surface area contributed by atoms with Gasteiger partial charge >= 0.3 is 0 Å². The summed E-state index contributed by atoms with van der Waals surface area (Å²) in [4.78, 5) is 11.4. The van der Waals surface area contributed by atoms with Crippen LogP contribution in [0.15, 0.2) is 0 Å². The number of hydrogen-bond donors (Lipinski definition) is 2. The number of carbonyl (C=O) groups is 1. The van der Waals surface area contributed by atoms with Crippen LogP contribution in [-0.4, -0.2) is 44.8 Å². The first-order chi connectivity index (χ1) is 8.85. The van der Waals surface area contributed by atoms with Crippen LogP contribution < -0.4 is 10.0 Å². The molecule has 0 aromatic carbocycles. The van der Waals surface area contributed by atoms with E-state index in [1.165, 1.54) is 4.31 Å². The van der Waals surface area contributed by atoms with Crippen LogP contribution in [0.4, 0.5) is 0 Å². The lowest BCUT2D eigenvalue weighted by molar-refractivity contribution is -0.119. The highest BCUT2D eigenvalue weighted by Crippen LogP contribution is 2.22. The molecule has 1 fully saturated rings. The molecule has 112 valence electrons. The maximum atomic E-state index is 12.1. The lowest BCUT2D eigenvalue weighted by Gasteiger charge is -2.33. The fourth-order valence-corrected chi connectivity index (χ4v) is 3.77. The van der Waals surface area contributed by atoms with Crippen molar-refractivity contribution < 1.29 is 13.2 Å². The van der Waals surface area contributed by atoms with Gasteiger partial charge in [-0.15, -0.1) is 0 Å². The zero-order chi connectivity index (χ0) is 14.5. The van der Waals surface area contributed by atoms with Gasteiger partial charge in [-0.3, -0.25) is 4.79 Å². The second-order valence-electron chi connectivity index (χ2n) is 5.44. The molecule has 2 atom stereocenters. The maximum absolute atomic E-state index is 12.1. The molecule has 0 aromatic heterocycles. The summed E-state index contributed by atoms with van der Waals surface area (Å²) < 4.78 is 28.0. The Labute approximate surface area is 116 Å². The van der Waals surface area contributed by atoms with Crippen LogP contribution >= 0.6 is 0 Å². The fraction of sp³-hybridized carbons (Fsp3) is 0.917. The summed E-state index contributed by atoms with van der Waals surface area (Å²) in [5.41, 5.74) is 0. The van der Waals surface area contributed by atoms with E-state index in [1.807, 2.05) is 20.8 Å². The van der Waals surface area contributed by atoms with Crippen LogP contribution in [0.2, 0.25) is 0 Å². The first kappa shape index (κ1) is 16.4. The minimum atomic E-state index is -3.55. The van der Waals surface area contributed by atoms with E-state index in [0.717, 1.165) is 12.8 Å². The van der Waals surface area contributed by atoms with Crippen molar-refractivity contribution in [3.05, 3.63) is 0 Å². The monoisotopic (exact) mass is 291 g/mol. The van der Waals surface area contributed by atoms with Crippen LogP contribution in [0, 0.1) is 11.8 Å². The second-order valence-corrected chi connectivity index (χ2v) is 7.19. The van der Waals surface area contributed by atoms with Crippen molar-refractivity contribution in [2.45, 2.75) is 33.6 Å². The lowest BCUT2D eigenvalue weighted by atomic mass is 9.94. The highest BCUT2D eigenvalue weighted by atomic mass is 32.2. The Kier molecular flexibility index (Phi) is 6.22. The summed E-state index contributed by atoms with van der Waals surface area (Å²) >= 11 is 0. The molecule has 1 aliphatic heterocycles. The highest BCUT2D eigenvalue weighted by molar-refractivity contribution is 7.87. The Morgan fingerprint density at radius 3 is 2.37 bits per heavy atom. The Balaban J connectivity index is 2.49. The smallest absolute Gasteiger partial charge is 0.279 e. The quantitative estimate of drug-likeness (QED) is 0.740. The number of piperidine rings is 1. The molecule has 0 aliphatic carbocycles. The first-order valence-electron chi connectivity index (χ1n) is 6.86. The molecule has 0 saturated carbocycles. The average molecular weight is 291 g/mol. The maximum Gasteiger partial charge on any atom is 0.279 e. The van der Waals surface area contributed by atoms with Crippen molar-refractivity contribution in [2.24, 2.45) is 11.8 Å². The fourth-order valence-electron chi connectivity index (χ4n) is 2.38. The van der Waals surface area contributed by atoms with Crippen LogP contribution in [0.3, 0.4) is 0 Å². The molecule has 1 saturated heterocycles. The number of carbonyl (C=O) groups excluding carboxylic acids is 1. The summed E-state index contributed by atoms with van der Waals surface area (Å²) in [5.74, 6) is 0.423. The molecule has 6 nitrogen and oxygen atoms in total. The molecule has 0 aromatic rings. The Morgan fingerprint density at radius 1 is 1.26 bits per heavy atom. The molecule has 0 bridgehead atoms. The Hall–Kier alpha value is -0.660. The van der Waals surface area contributed by atoms with Crippen molar-refractivity contribution in [2.75, 3.05) is 26.2 Å². The molecular weight excluding hydrogens is 266 g/mol. The molecule has 0 spiro atoms. The predicted octanol–water partition coefficient (Wildman–Crippen LogP) is 0.325. The molecule has 19 heavy (non-hydrogen) atoms. The number of amides is 1. The van der Waals surface area contributed by atoms with Gasteiger partial charge in [0.15, 0.2) is 0 Å². The molecule has 1 aliphatic rings. The van der Waals surface area contributed by atoms with Crippen molar-refractivity contribution in [1.29, 1.82) is 0 Å². The normalized spacial score (nSPS) is 25.2. The van der Waals surface area contributed by atoms with Crippen molar-refractivity contribution >= 4 is 16.1 Å². The van der Waals surface area contributed by atoms with Gasteiger partial charge in [0.25, 0.3) is 10.2 Å². The van der Waals surface area contributed by atoms with E-state index in [0.29, 0.717) is 31.5 Å². The summed E-state index contributed by atoms with van der Waals surface area (Å²) in [6, 6.07) is 0. The van der Waals surface area contributed by atoms with Crippen LogP contribution in [-0.2, 0) is 15.0 Å². The third-order valence-electron chi connectivity index (χ3n) is 3.16. The third-order valence-corrected chi connectivity index (χ3v) is 4.65. The lowest BCUT2D eigenvalue weighted by Crippen LogP contribution is -2.49. The molecule has 2 unspecified atom stereocenters. The molecule has 1 amide bonds. The van der Waals surface area contributed by atoms with E-state index < -0.39 is 10.2 Å². The van der Waals surface area contributed by atoms with E-state index in [4.69, 9.17) is 0 Å². The number of hydrogen-bond acceptors (Lipinski definition) is 3. The summed E-state index contributed by atoms with van der Waals surface area (Å²) in [5, 5.41) is 2.64. The zero-order valence-corrected chi connectivity index (χ0v) is 12.8. The summed E-state index contributed by atoms with van der Waals surface area (Å²) in [6.45, 7) is 7.46.